The van der Waals surface area contributed by atoms with Crippen LogP contribution in [0.1, 0.15) is 5.69 Å². The third-order valence-corrected chi connectivity index (χ3v) is 2.06. The van der Waals surface area contributed by atoms with Crippen LogP contribution in [0.5, 0.6) is 0 Å². The average Bonchev–Trinajstić information content (AvgIpc) is 2.74. The van der Waals surface area contributed by atoms with E-state index < -0.39 is 0 Å². The van der Waals surface area contributed by atoms with Crippen LogP contribution in [0.25, 0.3) is 0 Å². The van der Waals surface area contributed by atoms with Gasteiger partial charge in [-0.3, -0.25) is 4.98 Å². The smallest absolute Gasteiger partial charge is 0.0267 e. The molecule has 0 amide bonds. The molecule has 0 bridgehead atoms. The van der Waals surface area contributed by atoms with E-state index in [2.05, 4.69) is 35.0 Å². The second-order valence-electron chi connectivity index (χ2n) is 2.20. The Hall–Kier alpha value is -0.952. The van der Waals surface area contributed by atoms with E-state index in [0.29, 0.717) is 0 Å². The van der Waals surface area contributed by atoms with Gasteiger partial charge in [-0.2, -0.15) is 0 Å². The van der Waals surface area contributed by atoms with Crippen LogP contribution in [0.2, 0.25) is 0 Å². The standard InChI is InChI=1S/C5H5N.C4H5N2.Pt/c1-2-4-6-5-3-1;1-4-2-3-5-6-4;/h1-5H;2-3H,1H2,(H,5,6);. The molecule has 0 radical (unpaired) electrons. The molecule has 0 aliphatic carbocycles. The van der Waals surface area contributed by atoms with E-state index in [0.717, 1.165) is 10.5 Å². The van der Waals surface area contributed by atoms with E-state index >= 15 is 0 Å². The van der Waals surface area contributed by atoms with Crippen LogP contribution in [0.4, 0.5) is 0 Å². The van der Waals surface area contributed by atoms with Crippen molar-refractivity contribution in [2.24, 2.45) is 0 Å². The molecular weight excluding hydrogens is 345 g/mol. The number of rotatable bonds is 1. The van der Waals surface area contributed by atoms with Crippen molar-refractivity contribution < 1.29 is 19.8 Å². The van der Waals surface area contributed by atoms with Gasteiger partial charge in [0.05, 0.1) is 0 Å². The molecule has 2 heterocycles. The summed E-state index contributed by atoms with van der Waals surface area (Å²) in [6.45, 7) is 0. The molecule has 0 atom stereocenters. The summed E-state index contributed by atoms with van der Waals surface area (Å²) in [6, 6.07) is 7.68. The maximum Gasteiger partial charge on any atom is 0.0267 e. The molecule has 0 fully saturated rings. The Morgan fingerprint density at radius 1 is 1.23 bits per heavy atom. The quantitative estimate of drug-likeness (QED) is 0.843. The molecule has 0 saturated carbocycles. The molecular formula is C9H10N3Pt. The Balaban J connectivity index is 0.000000132. The van der Waals surface area contributed by atoms with Crippen molar-refractivity contribution in [1.29, 1.82) is 0 Å². The molecule has 2 rings (SSSR count). The molecule has 4 heteroatoms. The van der Waals surface area contributed by atoms with Gasteiger partial charge in [-0.15, -0.1) is 0 Å². The Kier molecular flexibility index (Phi) is 5.11. The first-order chi connectivity index (χ1) is 6.43. The number of hydrogen-bond acceptors (Lipinski definition) is 2. The van der Waals surface area contributed by atoms with Gasteiger partial charge in [0.15, 0.2) is 0 Å². The van der Waals surface area contributed by atoms with Crippen molar-refractivity contribution in [3.05, 3.63) is 48.5 Å². The zero-order chi connectivity index (χ0) is 9.36. The number of H-pyrrole nitrogens is 1. The zero-order valence-electron chi connectivity index (χ0n) is 6.96. The minimum absolute atomic E-state index is 0.990. The summed E-state index contributed by atoms with van der Waals surface area (Å²) in [6.07, 6.45) is 5.33. The largest absolute Gasteiger partial charge is 0.265 e. The van der Waals surface area contributed by atoms with Crippen LogP contribution in [-0.4, -0.2) is 15.2 Å². The fourth-order valence-corrected chi connectivity index (χ4v) is 1.11. The Morgan fingerprint density at radius 3 is 2.23 bits per heavy atom. The van der Waals surface area contributed by atoms with Gasteiger partial charge in [0, 0.05) is 12.4 Å². The summed E-state index contributed by atoms with van der Waals surface area (Å²) >= 11 is 2.25. The number of hydrogen-bond donors (Lipinski definition) is 1. The first kappa shape index (κ1) is 10.1. The summed E-state index contributed by atoms with van der Waals surface area (Å²) in [5, 5.41) is 6.63. The van der Waals surface area contributed by atoms with E-state index in [9.17, 15) is 0 Å². The average molecular weight is 355 g/mol. The van der Waals surface area contributed by atoms with Crippen molar-refractivity contribution in [3.8, 4) is 0 Å². The van der Waals surface area contributed by atoms with E-state index in [1.54, 1.807) is 12.4 Å². The molecule has 0 unspecified atom stereocenters. The maximum absolute atomic E-state index is 3.90. The van der Waals surface area contributed by atoms with Crippen molar-refractivity contribution >= 4 is 0 Å². The second kappa shape index (κ2) is 6.55. The number of nitrogens with zero attached hydrogens (tertiary/aromatic N) is 2. The fraction of sp³-hybridized carbons (Fsp3) is 0.111. The van der Waals surface area contributed by atoms with Crippen LogP contribution in [0, 0.1) is 0 Å². The summed E-state index contributed by atoms with van der Waals surface area (Å²) < 4.78 is 0. The minimum Gasteiger partial charge on any atom is -0.265 e. The molecule has 1 N–H and O–H groups in total. The maximum atomic E-state index is 3.90. The van der Waals surface area contributed by atoms with E-state index in [1.807, 2.05) is 30.5 Å². The molecule has 71 valence electrons. The Bertz CT molecular complexity index is 267. The van der Waals surface area contributed by atoms with Gasteiger partial charge in [0.25, 0.3) is 0 Å². The topological polar surface area (TPSA) is 41.6 Å². The summed E-state index contributed by atoms with van der Waals surface area (Å²) in [5.41, 5.74) is 1.11. The van der Waals surface area contributed by atoms with Gasteiger partial charge in [0.2, 0.25) is 0 Å². The Labute approximate surface area is 88.5 Å². The van der Waals surface area contributed by atoms with Gasteiger partial charge < -0.3 is 0 Å². The summed E-state index contributed by atoms with van der Waals surface area (Å²) in [4.78, 5) is 4.77. The van der Waals surface area contributed by atoms with Crippen molar-refractivity contribution in [1.82, 2.24) is 15.2 Å². The molecule has 13 heavy (non-hydrogen) atoms. The predicted molar refractivity (Wildman–Crippen MR) is 46.5 cm³/mol. The normalized spacial score (nSPS) is 8.77. The van der Waals surface area contributed by atoms with E-state index in [-0.39, 0.29) is 0 Å². The molecule has 0 aliphatic heterocycles. The van der Waals surface area contributed by atoms with Crippen LogP contribution in [0.15, 0.2) is 42.9 Å². The van der Waals surface area contributed by atoms with Crippen LogP contribution >= 0.6 is 0 Å². The zero-order valence-corrected chi connectivity index (χ0v) is 9.23. The first-order valence-electron chi connectivity index (χ1n) is 3.78. The number of pyridine rings is 1. The molecule has 0 spiro atoms. The van der Waals surface area contributed by atoms with Gasteiger partial charge in [-0.25, -0.2) is 0 Å². The molecule has 2 aromatic rings. The third-order valence-electron chi connectivity index (χ3n) is 1.24. The van der Waals surface area contributed by atoms with Crippen molar-refractivity contribution in [2.45, 2.75) is 4.81 Å². The van der Waals surface area contributed by atoms with E-state index in [4.69, 9.17) is 0 Å². The third kappa shape index (κ3) is 4.58. The number of aromatic nitrogens is 3. The van der Waals surface area contributed by atoms with Crippen LogP contribution in [0.3, 0.4) is 0 Å². The number of aromatic amines is 1. The van der Waals surface area contributed by atoms with Gasteiger partial charge in [-0.1, -0.05) is 6.07 Å². The summed E-state index contributed by atoms with van der Waals surface area (Å²) in [7, 11) is 0. The van der Waals surface area contributed by atoms with Crippen LogP contribution in [-0.2, 0) is 24.6 Å². The number of nitrogens with one attached hydrogen (secondary N) is 1. The van der Waals surface area contributed by atoms with Crippen molar-refractivity contribution in [2.75, 3.05) is 0 Å². The van der Waals surface area contributed by atoms with Gasteiger partial charge in [-0.05, 0) is 12.1 Å². The monoisotopic (exact) mass is 355 g/mol. The summed E-state index contributed by atoms with van der Waals surface area (Å²) in [5.74, 6) is 0. The van der Waals surface area contributed by atoms with Gasteiger partial charge >= 0.3 is 52.8 Å². The fourth-order valence-electron chi connectivity index (χ4n) is 0.666. The van der Waals surface area contributed by atoms with Crippen molar-refractivity contribution in [3.63, 3.8) is 0 Å². The SMILES string of the molecule is [Pt][CH2]c1cc[nH]n1.c1ccncc1. The first-order valence-corrected chi connectivity index (χ1v) is 5.39. The molecule has 3 nitrogen and oxygen atoms in total. The van der Waals surface area contributed by atoms with Crippen LogP contribution < -0.4 is 0 Å². The Morgan fingerprint density at radius 2 is 2.00 bits per heavy atom. The predicted octanol–water partition coefficient (Wildman–Crippen LogP) is 1.54. The van der Waals surface area contributed by atoms with E-state index in [1.165, 1.54) is 0 Å². The molecule has 0 aliphatic rings. The molecule has 0 aromatic carbocycles. The minimum atomic E-state index is 0.990. The second-order valence-corrected chi connectivity index (χ2v) is 3.01. The molecule has 2 aromatic heterocycles. The van der Waals surface area contributed by atoms with Gasteiger partial charge in [0.1, 0.15) is 0 Å². The molecule has 0 saturated heterocycles.